The van der Waals surface area contributed by atoms with Gasteiger partial charge in [0.2, 0.25) is 0 Å². The van der Waals surface area contributed by atoms with E-state index in [0.29, 0.717) is 17.7 Å². The maximum Gasteiger partial charge on any atom is 0.417 e. The first-order valence-corrected chi connectivity index (χ1v) is 10.00. The Bertz CT molecular complexity index is 1390. The van der Waals surface area contributed by atoms with Crippen LogP contribution in [-0.2, 0) is 17.5 Å². The molecular formula is C24H19F3N4O3. The molecule has 34 heavy (non-hydrogen) atoms. The molecule has 4 aromatic rings. The summed E-state index contributed by atoms with van der Waals surface area (Å²) >= 11 is 0. The maximum absolute atomic E-state index is 12.4. The van der Waals surface area contributed by atoms with E-state index in [1.165, 1.54) is 19.2 Å². The van der Waals surface area contributed by atoms with Gasteiger partial charge in [0, 0.05) is 34.5 Å². The number of fused-ring (bicyclic) bond motifs is 3. The van der Waals surface area contributed by atoms with Crippen LogP contribution in [0.25, 0.3) is 21.8 Å². The Labute approximate surface area is 192 Å². The second-order valence-corrected chi connectivity index (χ2v) is 7.24. The van der Waals surface area contributed by atoms with E-state index in [0.717, 1.165) is 33.9 Å². The molecule has 3 aromatic carbocycles. The molecule has 0 saturated heterocycles. The molecule has 0 aliphatic carbocycles. The van der Waals surface area contributed by atoms with Crippen LogP contribution in [0.3, 0.4) is 0 Å². The Morgan fingerprint density at radius 3 is 2.44 bits per heavy atom. The topological polar surface area (TPSA) is 107 Å². The van der Waals surface area contributed by atoms with Crippen molar-refractivity contribution in [2.75, 3.05) is 12.4 Å². The summed E-state index contributed by atoms with van der Waals surface area (Å²) in [5.74, 6) is 0. The summed E-state index contributed by atoms with van der Waals surface area (Å²) in [6.07, 6.45) is -5.03. The molecule has 10 heteroatoms. The van der Waals surface area contributed by atoms with Gasteiger partial charge >= 0.3 is 6.18 Å². The molecule has 4 rings (SSSR count). The van der Waals surface area contributed by atoms with Crippen LogP contribution < -0.4 is 5.32 Å². The van der Waals surface area contributed by atoms with Crippen molar-refractivity contribution in [1.29, 1.82) is 5.26 Å². The van der Waals surface area contributed by atoms with Crippen molar-refractivity contribution in [3.8, 4) is 6.07 Å². The van der Waals surface area contributed by atoms with Gasteiger partial charge in [-0.15, -0.1) is 4.91 Å². The van der Waals surface area contributed by atoms with Gasteiger partial charge in [-0.05, 0) is 47.6 Å². The lowest BCUT2D eigenvalue weighted by Crippen LogP contribution is -2.16. The highest BCUT2D eigenvalue weighted by atomic mass is 19.4. The molecule has 1 unspecified atom stereocenters. The number of nitriles is 1. The Hall–Kier alpha value is -4.23. The van der Waals surface area contributed by atoms with E-state index >= 15 is 0 Å². The number of aliphatic hydroxyl groups is 1. The quantitative estimate of drug-likeness (QED) is 0.302. The molecule has 1 heterocycles. The fourth-order valence-corrected chi connectivity index (χ4v) is 3.56. The number of nitroso groups, excluding NO2 is 1. The first-order chi connectivity index (χ1) is 16.2. The molecule has 0 bridgehead atoms. The molecule has 0 saturated carbocycles. The molecule has 2 N–H and O–H groups in total. The molecule has 1 atom stereocenters. The van der Waals surface area contributed by atoms with Gasteiger partial charge in [-0.25, -0.2) is 0 Å². The van der Waals surface area contributed by atoms with Crippen molar-refractivity contribution >= 4 is 39.5 Å². The molecule has 0 amide bonds. The summed E-state index contributed by atoms with van der Waals surface area (Å²) in [6.45, 7) is 0.182. The van der Waals surface area contributed by atoms with Gasteiger partial charge in [-0.2, -0.15) is 18.4 Å². The third kappa shape index (κ3) is 5.05. The van der Waals surface area contributed by atoms with Crippen molar-refractivity contribution in [3.05, 3.63) is 76.7 Å². The summed E-state index contributed by atoms with van der Waals surface area (Å²) in [5.41, 5.74) is 1.18. The third-order valence-electron chi connectivity index (χ3n) is 5.12. The lowest BCUT2D eigenvalue weighted by molar-refractivity contribution is -0.137. The van der Waals surface area contributed by atoms with Crippen LogP contribution in [0.2, 0.25) is 0 Å². The van der Waals surface area contributed by atoms with Crippen molar-refractivity contribution in [3.63, 3.8) is 0 Å². The molecule has 0 aliphatic heterocycles. The Balaban J connectivity index is 0.000000204. The zero-order chi connectivity index (χ0) is 24.9. The minimum Gasteiger partial charge on any atom is -0.388 e. The number of carbonyl (C=O) groups excluding carboxylic acids is 1. The van der Waals surface area contributed by atoms with Crippen molar-refractivity contribution in [1.82, 2.24) is 4.57 Å². The van der Waals surface area contributed by atoms with Gasteiger partial charge in [0.1, 0.15) is 18.1 Å². The molecule has 0 fully saturated rings. The number of alkyl halides is 3. The normalized spacial score (nSPS) is 11.9. The predicted octanol–water partition coefficient (Wildman–Crippen LogP) is 5.37. The minimum absolute atomic E-state index is 0.182. The van der Waals surface area contributed by atoms with Crippen LogP contribution in [0.4, 0.5) is 24.5 Å². The predicted molar refractivity (Wildman–Crippen MR) is 123 cm³/mol. The zero-order valence-corrected chi connectivity index (χ0v) is 17.9. The number of rotatable bonds is 5. The van der Waals surface area contributed by atoms with Gasteiger partial charge < -0.3 is 19.8 Å². The highest BCUT2D eigenvalue weighted by Gasteiger charge is 2.33. The number of aliphatic hydroxyl groups excluding tert-OH is 1. The van der Waals surface area contributed by atoms with E-state index in [1.54, 1.807) is 18.2 Å². The average Bonchev–Trinajstić information content (AvgIpc) is 3.16. The molecular weight excluding hydrogens is 449 g/mol. The largest absolute Gasteiger partial charge is 0.417 e. The maximum atomic E-state index is 12.4. The molecule has 0 aliphatic rings. The molecule has 1 aromatic heterocycles. The van der Waals surface area contributed by atoms with Crippen molar-refractivity contribution in [2.45, 2.75) is 18.8 Å². The number of aromatic nitrogens is 1. The first kappa shape index (κ1) is 24.4. The van der Waals surface area contributed by atoms with Gasteiger partial charge in [0.05, 0.1) is 23.7 Å². The van der Waals surface area contributed by atoms with Gasteiger partial charge in [-0.3, -0.25) is 0 Å². The Morgan fingerprint density at radius 1 is 1.12 bits per heavy atom. The first-order valence-electron chi connectivity index (χ1n) is 10.00. The lowest BCUT2D eigenvalue weighted by Gasteiger charge is -2.10. The second kappa shape index (κ2) is 10.1. The van der Waals surface area contributed by atoms with Gasteiger partial charge in [0.15, 0.2) is 0 Å². The summed E-state index contributed by atoms with van der Waals surface area (Å²) in [6, 6.07) is 17.8. The monoisotopic (exact) mass is 468 g/mol. The molecule has 0 spiro atoms. The van der Waals surface area contributed by atoms with E-state index in [4.69, 9.17) is 5.26 Å². The zero-order valence-electron chi connectivity index (χ0n) is 17.9. The number of benzene rings is 3. The Kier molecular flexibility index (Phi) is 7.28. The number of hydrogen-bond acceptors (Lipinski definition) is 6. The van der Waals surface area contributed by atoms with Gasteiger partial charge in [-0.1, -0.05) is 18.2 Å². The van der Waals surface area contributed by atoms with E-state index in [-0.39, 0.29) is 12.1 Å². The summed E-state index contributed by atoms with van der Waals surface area (Å²) in [7, 11) is 1.52. The number of anilines is 1. The number of aldehydes is 1. The summed E-state index contributed by atoms with van der Waals surface area (Å²) in [5, 5.41) is 25.4. The molecule has 7 nitrogen and oxygen atoms in total. The van der Waals surface area contributed by atoms with E-state index in [2.05, 4.69) is 10.5 Å². The fourth-order valence-electron chi connectivity index (χ4n) is 3.56. The van der Waals surface area contributed by atoms with Crippen LogP contribution in [0.5, 0.6) is 0 Å². The van der Waals surface area contributed by atoms with E-state index < -0.39 is 17.8 Å². The summed E-state index contributed by atoms with van der Waals surface area (Å²) in [4.78, 5) is 21.4. The standard InChI is InChI=1S/C15H12N2O3.C9H7F3N2/c18-9-11(19)8-17-14-4-2-1-3-12(14)13-7-10(16-20)5-6-15(13)17;1-14-7-3-2-6(5-13)8(4-7)9(10,11)12/h1-7,9,11,19H,8H2;2-4,14H,1H3. The van der Waals surface area contributed by atoms with E-state index in [9.17, 15) is 28.0 Å². The van der Waals surface area contributed by atoms with Crippen LogP contribution in [0.1, 0.15) is 11.1 Å². The Morgan fingerprint density at radius 2 is 1.82 bits per heavy atom. The number of nitrogens with one attached hydrogen (secondary N) is 1. The van der Waals surface area contributed by atoms with Gasteiger partial charge in [0.25, 0.3) is 0 Å². The smallest absolute Gasteiger partial charge is 0.388 e. The third-order valence-corrected chi connectivity index (χ3v) is 5.12. The van der Waals surface area contributed by atoms with Crippen LogP contribution in [0.15, 0.2) is 65.8 Å². The number of carbonyl (C=O) groups is 1. The SMILES string of the molecule is CNc1ccc(C#N)c(C(F)(F)F)c1.O=CC(O)Cn1c2ccccc2c2cc(N=O)ccc21. The van der Waals surface area contributed by atoms with Crippen LogP contribution in [0, 0.1) is 16.2 Å². The highest BCUT2D eigenvalue weighted by Crippen LogP contribution is 2.33. The van der Waals surface area contributed by atoms with Crippen molar-refractivity contribution < 1.29 is 23.1 Å². The average molecular weight is 468 g/mol. The minimum atomic E-state index is -4.49. The molecule has 174 valence electrons. The molecule has 0 radical (unpaired) electrons. The number of hydrogen-bond donors (Lipinski definition) is 2. The van der Waals surface area contributed by atoms with Crippen LogP contribution >= 0.6 is 0 Å². The van der Waals surface area contributed by atoms with Crippen LogP contribution in [-0.4, -0.2) is 29.1 Å². The fraction of sp³-hybridized carbons (Fsp3) is 0.167. The summed E-state index contributed by atoms with van der Waals surface area (Å²) < 4.78 is 39.0. The van der Waals surface area contributed by atoms with Crippen molar-refractivity contribution in [2.24, 2.45) is 5.18 Å². The number of halogens is 3. The number of nitrogens with zero attached hydrogens (tertiary/aromatic N) is 3. The second-order valence-electron chi connectivity index (χ2n) is 7.24. The lowest BCUT2D eigenvalue weighted by atomic mass is 10.1. The number of para-hydroxylation sites is 1. The van der Waals surface area contributed by atoms with E-state index in [1.807, 2.05) is 28.8 Å². The highest BCUT2D eigenvalue weighted by molar-refractivity contribution is 6.09.